The van der Waals surface area contributed by atoms with E-state index >= 15 is 0 Å². The van der Waals surface area contributed by atoms with E-state index in [1.54, 1.807) is 13.8 Å². The highest BCUT2D eigenvalue weighted by atomic mass is 79.9. The molecular weight excluding hydrogens is 305 g/mol. The van der Waals surface area contributed by atoms with Gasteiger partial charge in [0.15, 0.2) is 5.69 Å². The Kier molecular flexibility index (Phi) is 3.16. The third-order valence-corrected chi connectivity index (χ3v) is 3.17. The van der Waals surface area contributed by atoms with Gasteiger partial charge in [0.05, 0.1) is 15.9 Å². The summed E-state index contributed by atoms with van der Waals surface area (Å²) in [6.07, 6.45) is 0. The van der Waals surface area contributed by atoms with Crippen molar-refractivity contribution in [2.75, 3.05) is 0 Å². The molecule has 5 nitrogen and oxygen atoms in total. The number of aryl methyl sites for hydroxylation is 1. The highest BCUT2D eigenvalue weighted by Gasteiger charge is 2.17. The van der Waals surface area contributed by atoms with Crippen LogP contribution in [0.2, 0.25) is 0 Å². The Labute approximate surface area is 110 Å². The van der Waals surface area contributed by atoms with Crippen LogP contribution in [0.1, 0.15) is 21.7 Å². The summed E-state index contributed by atoms with van der Waals surface area (Å²) in [5, 5.41) is 16.3. The van der Waals surface area contributed by atoms with Gasteiger partial charge in [-0.15, -0.1) is 5.10 Å². The van der Waals surface area contributed by atoms with Gasteiger partial charge >= 0.3 is 5.97 Å². The minimum absolute atomic E-state index is 0.116. The number of aromatic carboxylic acids is 1. The maximum atomic E-state index is 13.3. The highest BCUT2D eigenvalue weighted by molar-refractivity contribution is 9.10. The molecular formula is C11H9BrFN3O2. The predicted molar refractivity (Wildman–Crippen MR) is 65.5 cm³/mol. The molecule has 0 saturated carbocycles. The molecule has 2 rings (SSSR count). The molecule has 2 aromatic rings. The Bertz CT molecular complexity index is 639. The van der Waals surface area contributed by atoms with Crippen LogP contribution in [-0.2, 0) is 0 Å². The molecule has 0 aliphatic carbocycles. The normalized spacial score (nSPS) is 10.7. The molecule has 1 aromatic carbocycles. The summed E-state index contributed by atoms with van der Waals surface area (Å²) in [7, 11) is 0. The van der Waals surface area contributed by atoms with Crippen LogP contribution < -0.4 is 0 Å². The first-order valence-corrected chi connectivity index (χ1v) is 5.82. The second kappa shape index (κ2) is 4.49. The minimum atomic E-state index is -1.14. The maximum absolute atomic E-state index is 13.3. The Balaban J connectivity index is 2.63. The van der Waals surface area contributed by atoms with Gasteiger partial charge in [0.2, 0.25) is 0 Å². The van der Waals surface area contributed by atoms with Crippen molar-refractivity contribution in [1.82, 2.24) is 15.0 Å². The van der Waals surface area contributed by atoms with E-state index in [0.717, 1.165) is 0 Å². The molecule has 94 valence electrons. The van der Waals surface area contributed by atoms with E-state index in [1.165, 1.54) is 16.8 Å². The number of hydrogen-bond acceptors (Lipinski definition) is 3. The van der Waals surface area contributed by atoms with Gasteiger partial charge in [-0.1, -0.05) is 5.21 Å². The summed E-state index contributed by atoms with van der Waals surface area (Å²) in [5.74, 6) is -1.52. The van der Waals surface area contributed by atoms with Crippen LogP contribution in [0.4, 0.5) is 4.39 Å². The van der Waals surface area contributed by atoms with Crippen molar-refractivity contribution >= 4 is 21.9 Å². The van der Waals surface area contributed by atoms with Crippen molar-refractivity contribution in [3.63, 3.8) is 0 Å². The molecule has 0 aliphatic heterocycles. The van der Waals surface area contributed by atoms with Crippen molar-refractivity contribution in [3.05, 3.63) is 39.4 Å². The van der Waals surface area contributed by atoms with Gasteiger partial charge < -0.3 is 5.11 Å². The third-order valence-electron chi connectivity index (χ3n) is 2.56. The van der Waals surface area contributed by atoms with E-state index in [-0.39, 0.29) is 16.0 Å². The van der Waals surface area contributed by atoms with E-state index in [2.05, 4.69) is 26.2 Å². The van der Waals surface area contributed by atoms with Gasteiger partial charge in [-0.3, -0.25) is 0 Å². The molecule has 0 unspecified atom stereocenters. The highest BCUT2D eigenvalue weighted by Crippen LogP contribution is 2.24. The van der Waals surface area contributed by atoms with E-state index in [1.807, 2.05) is 0 Å². The lowest BCUT2D eigenvalue weighted by molar-refractivity contribution is 0.0689. The molecule has 0 radical (unpaired) electrons. The second-order valence-corrected chi connectivity index (χ2v) is 4.65. The number of aromatic nitrogens is 3. The summed E-state index contributed by atoms with van der Waals surface area (Å²) >= 11 is 3.08. The molecule has 0 aliphatic rings. The number of carboxylic acids is 1. The molecule has 0 saturated heterocycles. The Hall–Kier alpha value is -1.76. The van der Waals surface area contributed by atoms with Crippen molar-refractivity contribution in [2.45, 2.75) is 13.8 Å². The first-order valence-electron chi connectivity index (χ1n) is 5.03. The average Bonchev–Trinajstić information content (AvgIpc) is 2.66. The van der Waals surface area contributed by atoms with Crippen LogP contribution in [0.5, 0.6) is 0 Å². The standard InChI is InChI=1S/C11H9BrFN3O2/c1-5-3-8(13)7(12)4-9(5)16-6(2)10(11(17)18)14-15-16/h3-4H,1-2H3,(H,17,18). The van der Waals surface area contributed by atoms with Crippen molar-refractivity contribution in [3.8, 4) is 5.69 Å². The van der Waals surface area contributed by atoms with E-state index in [4.69, 9.17) is 5.11 Å². The quantitative estimate of drug-likeness (QED) is 0.925. The van der Waals surface area contributed by atoms with E-state index in [0.29, 0.717) is 16.9 Å². The van der Waals surface area contributed by atoms with Gasteiger partial charge in [0.25, 0.3) is 0 Å². The number of halogens is 2. The van der Waals surface area contributed by atoms with Crippen LogP contribution in [0, 0.1) is 19.7 Å². The Morgan fingerprint density at radius 1 is 1.44 bits per heavy atom. The third kappa shape index (κ3) is 2.01. The smallest absolute Gasteiger partial charge is 0.358 e. The number of benzene rings is 1. The molecule has 7 heteroatoms. The lowest BCUT2D eigenvalue weighted by Gasteiger charge is -2.08. The fraction of sp³-hybridized carbons (Fsp3) is 0.182. The summed E-state index contributed by atoms with van der Waals surface area (Å²) in [4.78, 5) is 10.9. The Morgan fingerprint density at radius 2 is 2.11 bits per heavy atom. The van der Waals surface area contributed by atoms with Crippen molar-refractivity contribution in [1.29, 1.82) is 0 Å². The summed E-state index contributed by atoms with van der Waals surface area (Å²) in [6, 6.07) is 2.89. The fourth-order valence-electron chi connectivity index (χ4n) is 1.62. The SMILES string of the molecule is Cc1cc(F)c(Br)cc1-n1nnc(C(=O)O)c1C. The maximum Gasteiger partial charge on any atom is 0.358 e. The number of hydrogen-bond donors (Lipinski definition) is 1. The van der Waals surface area contributed by atoms with Gasteiger partial charge in [-0.2, -0.15) is 0 Å². The fourth-order valence-corrected chi connectivity index (χ4v) is 1.95. The van der Waals surface area contributed by atoms with Gasteiger partial charge in [0.1, 0.15) is 5.82 Å². The van der Waals surface area contributed by atoms with Crippen LogP contribution in [0.25, 0.3) is 5.69 Å². The summed E-state index contributed by atoms with van der Waals surface area (Å²) in [5.41, 5.74) is 1.50. The first kappa shape index (κ1) is 12.7. The van der Waals surface area contributed by atoms with E-state index in [9.17, 15) is 9.18 Å². The van der Waals surface area contributed by atoms with Gasteiger partial charge in [-0.05, 0) is 47.5 Å². The minimum Gasteiger partial charge on any atom is -0.476 e. The molecule has 1 N–H and O–H groups in total. The molecule has 0 fully saturated rings. The number of carbonyl (C=O) groups is 1. The van der Waals surface area contributed by atoms with E-state index < -0.39 is 5.97 Å². The van der Waals surface area contributed by atoms with Crippen LogP contribution in [-0.4, -0.2) is 26.1 Å². The lowest BCUT2D eigenvalue weighted by atomic mass is 10.2. The van der Waals surface area contributed by atoms with Crippen LogP contribution in [0.15, 0.2) is 16.6 Å². The van der Waals surface area contributed by atoms with Crippen LogP contribution >= 0.6 is 15.9 Å². The molecule has 18 heavy (non-hydrogen) atoms. The predicted octanol–water partition coefficient (Wildman–Crippen LogP) is 2.48. The average molecular weight is 314 g/mol. The largest absolute Gasteiger partial charge is 0.476 e. The van der Waals surface area contributed by atoms with Gasteiger partial charge in [-0.25, -0.2) is 13.9 Å². The topological polar surface area (TPSA) is 68.0 Å². The summed E-state index contributed by atoms with van der Waals surface area (Å²) in [6.45, 7) is 3.31. The zero-order valence-corrected chi connectivity index (χ0v) is 11.2. The monoisotopic (exact) mass is 313 g/mol. The Morgan fingerprint density at radius 3 is 2.67 bits per heavy atom. The molecule has 1 aromatic heterocycles. The molecule has 0 atom stereocenters. The number of nitrogens with zero attached hydrogens (tertiary/aromatic N) is 3. The van der Waals surface area contributed by atoms with Crippen molar-refractivity contribution in [2.24, 2.45) is 0 Å². The zero-order chi connectivity index (χ0) is 13.4. The zero-order valence-electron chi connectivity index (χ0n) is 9.61. The number of carboxylic acid groups (broad SMARTS) is 1. The van der Waals surface area contributed by atoms with Crippen molar-refractivity contribution < 1.29 is 14.3 Å². The first-order chi connectivity index (χ1) is 8.41. The molecule has 1 heterocycles. The molecule has 0 spiro atoms. The van der Waals surface area contributed by atoms with Crippen LogP contribution in [0.3, 0.4) is 0 Å². The molecule has 0 amide bonds. The van der Waals surface area contributed by atoms with Gasteiger partial charge in [0, 0.05) is 0 Å². The summed E-state index contributed by atoms with van der Waals surface area (Å²) < 4.78 is 15.0. The lowest BCUT2D eigenvalue weighted by Crippen LogP contribution is -2.04. The number of rotatable bonds is 2. The molecule has 0 bridgehead atoms. The second-order valence-electron chi connectivity index (χ2n) is 3.79.